The summed E-state index contributed by atoms with van der Waals surface area (Å²) < 4.78 is 9.30. The van der Waals surface area contributed by atoms with E-state index in [4.69, 9.17) is 0 Å². The molecule has 0 spiro atoms. The maximum atomic E-state index is 11.6. The average Bonchev–Trinajstić information content (AvgIpc) is 2.53. The molecule has 0 aliphatic heterocycles. The van der Waals surface area contributed by atoms with Crippen molar-refractivity contribution in [1.82, 2.24) is 0 Å². The van der Waals surface area contributed by atoms with Gasteiger partial charge in [-0.3, -0.25) is 9.59 Å². The molecule has 0 unspecified atom stereocenters. The topological polar surface area (TPSA) is 52.6 Å². The molecule has 0 aromatic carbocycles. The third-order valence-corrected chi connectivity index (χ3v) is 3.80. The van der Waals surface area contributed by atoms with Gasteiger partial charge in [-0.05, 0) is 59.8 Å². The number of hydrogen-bond donors (Lipinski definition) is 0. The second-order valence-corrected chi connectivity index (χ2v) is 6.29. The molecule has 24 heavy (non-hydrogen) atoms. The Bertz CT molecular complexity index is 478. The summed E-state index contributed by atoms with van der Waals surface area (Å²) in [7, 11) is 2.55. The Morgan fingerprint density at radius 1 is 0.792 bits per heavy atom. The molecule has 0 heterocycles. The minimum absolute atomic E-state index is 0.314. The molecule has 0 fully saturated rings. The molecule has 0 radical (unpaired) electrons. The maximum Gasteiger partial charge on any atom is 0.320 e. The van der Waals surface area contributed by atoms with E-state index in [0.29, 0.717) is 6.42 Å². The summed E-state index contributed by atoms with van der Waals surface area (Å²) in [6.07, 6.45) is 10.8. The summed E-state index contributed by atoms with van der Waals surface area (Å²) in [5, 5.41) is 0. The zero-order valence-corrected chi connectivity index (χ0v) is 16.0. The first-order valence-electron chi connectivity index (χ1n) is 8.42. The Labute approximate surface area is 146 Å². The number of allylic oxidation sites excluding steroid dienone is 6. The lowest BCUT2D eigenvalue weighted by atomic mass is 10.0. The summed E-state index contributed by atoms with van der Waals surface area (Å²) in [6, 6.07) is 0. The van der Waals surface area contributed by atoms with Crippen LogP contribution in [0.2, 0.25) is 0 Å². The smallest absolute Gasteiger partial charge is 0.320 e. The van der Waals surface area contributed by atoms with Gasteiger partial charge >= 0.3 is 11.9 Å². The zero-order valence-electron chi connectivity index (χ0n) is 16.0. The highest BCUT2D eigenvalue weighted by molar-refractivity contribution is 5.94. The molecular formula is C20H32O4. The van der Waals surface area contributed by atoms with Crippen LogP contribution in [0.1, 0.15) is 59.8 Å². The highest BCUT2D eigenvalue weighted by Crippen LogP contribution is 2.15. The van der Waals surface area contributed by atoms with Crippen molar-refractivity contribution in [2.75, 3.05) is 14.2 Å². The molecular weight excluding hydrogens is 304 g/mol. The molecule has 0 aliphatic rings. The van der Waals surface area contributed by atoms with Gasteiger partial charge in [-0.15, -0.1) is 0 Å². The second-order valence-electron chi connectivity index (χ2n) is 6.29. The molecule has 0 bridgehead atoms. The van der Waals surface area contributed by atoms with Crippen molar-refractivity contribution < 1.29 is 19.1 Å². The minimum Gasteiger partial charge on any atom is -0.468 e. The van der Waals surface area contributed by atoms with Gasteiger partial charge in [-0.25, -0.2) is 0 Å². The molecule has 0 atom stereocenters. The van der Waals surface area contributed by atoms with Gasteiger partial charge in [-0.1, -0.05) is 34.9 Å². The highest BCUT2D eigenvalue weighted by Gasteiger charge is 2.27. The molecule has 4 nitrogen and oxygen atoms in total. The second kappa shape index (κ2) is 12.6. The molecule has 0 aliphatic carbocycles. The lowest BCUT2D eigenvalue weighted by Crippen LogP contribution is -2.26. The van der Waals surface area contributed by atoms with E-state index in [9.17, 15) is 9.59 Å². The average molecular weight is 336 g/mol. The van der Waals surface area contributed by atoms with Crippen LogP contribution in [-0.4, -0.2) is 26.2 Å². The molecule has 0 N–H and O–H groups in total. The van der Waals surface area contributed by atoms with E-state index >= 15 is 0 Å². The fourth-order valence-electron chi connectivity index (χ4n) is 2.23. The molecule has 0 aromatic heterocycles. The number of carbonyl (C=O) groups is 2. The number of esters is 2. The van der Waals surface area contributed by atoms with Crippen LogP contribution in [0.15, 0.2) is 34.9 Å². The minimum atomic E-state index is -0.878. The SMILES string of the molecule is COC(=O)C(C/C=C(\C)CC/C=C(\C)CCC=C(C)C)C(=O)OC. The van der Waals surface area contributed by atoms with Gasteiger partial charge < -0.3 is 9.47 Å². The largest absolute Gasteiger partial charge is 0.468 e. The van der Waals surface area contributed by atoms with Crippen LogP contribution in [-0.2, 0) is 19.1 Å². The van der Waals surface area contributed by atoms with Crippen molar-refractivity contribution in [1.29, 1.82) is 0 Å². The Morgan fingerprint density at radius 3 is 1.71 bits per heavy atom. The Hall–Kier alpha value is -1.84. The van der Waals surface area contributed by atoms with Crippen LogP contribution in [0.25, 0.3) is 0 Å². The van der Waals surface area contributed by atoms with Crippen LogP contribution >= 0.6 is 0 Å². The Kier molecular flexibility index (Phi) is 11.6. The normalized spacial score (nSPS) is 12.1. The van der Waals surface area contributed by atoms with Gasteiger partial charge in [0.15, 0.2) is 5.92 Å². The van der Waals surface area contributed by atoms with Gasteiger partial charge in [0, 0.05) is 0 Å². The fourth-order valence-corrected chi connectivity index (χ4v) is 2.23. The quantitative estimate of drug-likeness (QED) is 0.328. The van der Waals surface area contributed by atoms with Crippen molar-refractivity contribution in [2.24, 2.45) is 5.92 Å². The van der Waals surface area contributed by atoms with E-state index in [1.54, 1.807) is 0 Å². The third-order valence-electron chi connectivity index (χ3n) is 3.80. The van der Waals surface area contributed by atoms with E-state index in [2.05, 4.69) is 42.4 Å². The van der Waals surface area contributed by atoms with Gasteiger partial charge in [-0.2, -0.15) is 0 Å². The highest BCUT2D eigenvalue weighted by atomic mass is 16.5. The van der Waals surface area contributed by atoms with E-state index in [1.807, 2.05) is 13.0 Å². The lowest BCUT2D eigenvalue weighted by molar-refractivity contribution is -0.158. The van der Waals surface area contributed by atoms with Crippen molar-refractivity contribution in [2.45, 2.75) is 59.8 Å². The van der Waals surface area contributed by atoms with E-state index < -0.39 is 17.9 Å². The Balaban J connectivity index is 4.41. The third kappa shape index (κ3) is 10.0. The first kappa shape index (κ1) is 22.2. The maximum absolute atomic E-state index is 11.6. The van der Waals surface area contributed by atoms with Crippen LogP contribution in [0, 0.1) is 5.92 Å². The van der Waals surface area contributed by atoms with Crippen molar-refractivity contribution in [3.8, 4) is 0 Å². The molecule has 0 aromatic rings. The van der Waals surface area contributed by atoms with Crippen molar-refractivity contribution >= 4 is 11.9 Å². The molecule has 0 saturated heterocycles. The van der Waals surface area contributed by atoms with E-state index in [1.165, 1.54) is 25.4 Å². The van der Waals surface area contributed by atoms with Crippen LogP contribution < -0.4 is 0 Å². The van der Waals surface area contributed by atoms with Crippen LogP contribution in [0.3, 0.4) is 0 Å². The fraction of sp³-hybridized carbons (Fsp3) is 0.600. The molecule has 0 amide bonds. The molecule has 4 heteroatoms. The predicted octanol–water partition coefficient (Wildman–Crippen LogP) is 4.76. The summed E-state index contributed by atoms with van der Waals surface area (Å²) in [5.74, 6) is -1.99. The number of methoxy groups -OCH3 is 2. The van der Waals surface area contributed by atoms with E-state index in [-0.39, 0.29) is 0 Å². The van der Waals surface area contributed by atoms with Crippen molar-refractivity contribution in [3.63, 3.8) is 0 Å². The van der Waals surface area contributed by atoms with Gasteiger partial charge in [0.2, 0.25) is 0 Å². The number of hydrogen-bond acceptors (Lipinski definition) is 4. The van der Waals surface area contributed by atoms with Gasteiger partial charge in [0.05, 0.1) is 14.2 Å². The number of carbonyl (C=O) groups excluding carboxylic acids is 2. The molecule has 0 rings (SSSR count). The molecule has 136 valence electrons. The van der Waals surface area contributed by atoms with Gasteiger partial charge in [0.25, 0.3) is 0 Å². The van der Waals surface area contributed by atoms with E-state index in [0.717, 1.165) is 31.3 Å². The predicted molar refractivity (Wildman–Crippen MR) is 97.6 cm³/mol. The van der Waals surface area contributed by atoms with Gasteiger partial charge in [0.1, 0.15) is 0 Å². The van der Waals surface area contributed by atoms with Crippen LogP contribution in [0.5, 0.6) is 0 Å². The Morgan fingerprint density at radius 2 is 1.25 bits per heavy atom. The van der Waals surface area contributed by atoms with Crippen LogP contribution in [0.4, 0.5) is 0 Å². The van der Waals surface area contributed by atoms with Crippen molar-refractivity contribution in [3.05, 3.63) is 34.9 Å². The first-order valence-corrected chi connectivity index (χ1v) is 8.42. The monoisotopic (exact) mass is 336 g/mol. The summed E-state index contributed by atoms with van der Waals surface area (Å²) in [5.41, 5.74) is 3.90. The molecule has 0 saturated carbocycles. The number of ether oxygens (including phenoxy) is 2. The summed E-state index contributed by atoms with van der Waals surface area (Å²) >= 11 is 0. The number of rotatable bonds is 10. The summed E-state index contributed by atoms with van der Waals surface area (Å²) in [6.45, 7) is 8.40. The standard InChI is InChI=1S/C20H32O4/c1-15(2)9-7-10-16(3)11-8-12-17(4)13-14-18(19(21)23-5)20(22)24-6/h9,11,13,18H,7-8,10,12,14H2,1-6H3/b16-11+,17-13+. The first-order chi connectivity index (χ1) is 11.3. The zero-order chi connectivity index (χ0) is 18.5. The lowest BCUT2D eigenvalue weighted by Gasteiger charge is -2.10. The summed E-state index contributed by atoms with van der Waals surface area (Å²) in [4.78, 5) is 23.2.